The second-order valence-electron chi connectivity index (χ2n) is 5.51. The van der Waals surface area contributed by atoms with Gasteiger partial charge < -0.3 is 9.47 Å². The van der Waals surface area contributed by atoms with Gasteiger partial charge in [-0.05, 0) is 24.3 Å². The molecule has 0 saturated carbocycles. The van der Waals surface area contributed by atoms with E-state index < -0.39 is 15.9 Å². The summed E-state index contributed by atoms with van der Waals surface area (Å²) in [4.78, 5) is 15.3. The number of hydrogen-bond donors (Lipinski definition) is 1. The van der Waals surface area contributed by atoms with E-state index in [-0.39, 0.29) is 14.1 Å². The van der Waals surface area contributed by atoms with Crippen LogP contribution in [-0.4, -0.2) is 37.9 Å². The lowest BCUT2D eigenvalue weighted by atomic mass is 10.1. The van der Waals surface area contributed by atoms with Gasteiger partial charge in [-0.2, -0.15) is 0 Å². The van der Waals surface area contributed by atoms with Crippen molar-refractivity contribution in [1.29, 1.82) is 0 Å². The third-order valence-corrected chi connectivity index (χ3v) is 6.40. The van der Waals surface area contributed by atoms with Crippen LogP contribution >= 0.6 is 24.0 Å². The van der Waals surface area contributed by atoms with Gasteiger partial charge in [-0.3, -0.25) is 4.79 Å². The molecule has 0 atom stereocenters. The first-order chi connectivity index (χ1) is 13.4. The fraction of sp³-hybridized carbons (Fsp3) is 0.111. The number of hydrazine groups is 1. The highest BCUT2D eigenvalue weighted by molar-refractivity contribution is 8.26. The molecule has 1 aliphatic rings. The molecule has 0 aromatic heterocycles. The number of ether oxygens (including phenoxy) is 2. The summed E-state index contributed by atoms with van der Waals surface area (Å²) < 4.78 is 35.7. The van der Waals surface area contributed by atoms with Crippen LogP contribution in [0.5, 0.6) is 11.5 Å². The van der Waals surface area contributed by atoms with E-state index in [9.17, 15) is 13.2 Å². The maximum absolute atomic E-state index is 12.7. The van der Waals surface area contributed by atoms with Crippen LogP contribution in [0.3, 0.4) is 0 Å². The third kappa shape index (κ3) is 4.04. The Hall–Kier alpha value is -2.40. The second kappa shape index (κ2) is 8.31. The van der Waals surface area contributed by atoms with Gasteiger partial charge in [-0.1, -0.05) is 54.3 Å². The number of thiocarbonyl (C=S) groups is 1. The number of methoxy groups -OCH3 is 2. The molecule has 0 aliphatic carbocycles. The van der Waals surface area contributed by atoms with Crippen molar-refractivity contribution in [2.24, 2.45) is 0 Å². The molecule has 1 fully saturated rings. The Morgan fingerprint density at radius 1 is 1.07 bits per heavy atom. The number of rotatable bonds is 6. The zero-order chi connectivity index (χ0) is 20.3. The number of amides is 1. The summed E-state index contributed by atoms with van der Waals surface area (Å²) in [6.07, 6.45) is 1.58. The molecule has 0 radical (unpaired) electrons. The maximum Gasteiger partial charge on any atom is 0.281 e. The van der Waals surface area contributed by atoms with Crippen molar-refractivity contribution in [2.45, 2.75) is 4.90 Å². The minimum absolute atomic E-state index is 0.0301. The number of nitrogens with one attached hydrogen (secondary N) is 1. The van der Waals surface area contributed by atoms with Gasteiger partial charge in [0.05, 0.1) is 24.0 Å². The first-order valence-corrected chi connectivity index (χ1v) is 10.6. The van der Waals surface area contributed by atoms with E-state index in [1.165, 1.54) is 26.4 Å². The van der Waals surface area contributed by atoms with E-state index in [4.69, 9.17) is 21.7 Å². The minimum Gasteiger partial charge on any atom is -0.493 e. The van der Waals surface area contributed by atoms with Crippen LogP contribution in [0.15, 0.2) is 58.3 Å². The van der Waals surface area contributed by atoms with E-state index in [1.807, 2.05) is 0 Å². The fourth-order valence-electron chi connectivity index (χ4n) is 2.49. The smallest absolute Gasteiger partial charge is 0.281 e. The van der Waals surface area contributed by atoms with Crippen LogP contribution in [0.2, 0.25) is 0 Å². The highest BCUT2D eigenvalue weighted by Gasteiger charge is 2.35. The Kier molecular flexibility index (Phi) is 6.04. The average molecular weight is 437 g/mol. The van der Waals surface area contributed by atoms with Crippen LogP contribution in [0.1, 0.15) is 5.56 Å². The van der Waals surface area contributed by atoms with Crippen LogP contribution in [0.25, 0.3) is 6.08 Å². The summed E-state index contributed by atoms with van der Waals surface area (Å²) in [6, 6.07) is 13.0. The predicted octanol–water partition coefficient (Wildman–Crippen LogP) is 2.80. The van der Waals surface area contributed by atoms with Crippen molar-refractivity contribution >= 4 is 50.3 Å². The van der Waals surface area contributed by atoms with Crippen LogP contribution in [0, 0.1) is 0 Å². The summed E-state index contributed by atoms with van der Waals surface area (Å²) in [5, 5.41) is 0.848. The van der Waals surface area contributed by atoms with Gasteiger partial charge in [0.15, 0.2) is 15.8 Å². The number of para-hydroxylation sites is 1. The lowest BCUT2D eigenvalue weighted by molar-refractivity contribution is -0.123. The molecule has 3 rings (SSSR count). The van der Waals surface area contributed by atoms with Crippen LogP contribution in [-0.2, 0) is 14.8 Å². The molecule has 28 heavy (non-hydrogen) atoms. The Morgan fingerprint density at radius 3 is 2.43 bits per heavy atom. The SMILES string of the molecule is COc1cccc(C=C2SC(=S)N(NS(=O)(=O)c3ccccc3)C2=O)c1OC. The molecule has 7 nitrogen and oxygen atoms in total. The van der Waals surface area contributed by atoms with Crippen molar-refractivity contribution in [2.75, 3.05) is 14.2 Å². The number of thioether (sulfide) groups is 1. The molecule has 0 bridgehead atoms. The summed E-state index contributed by atoms with van der Waals surface area (Å²) in [5.41, 5.74) is 0.605. The highest BCUT2D eigenvalue weighted by atomic mass is 32.2. The third-order valence-electron chi connectivity index (χ3n) is 3.78. The molecular formula is C18H16N2O5S3. The number of nitrogens with zero attached hydrogens (tertiary/aromatic N) is 1. The van der Waals surface area contributed by atoms with Crippen molar-refractivity contribution < 1.29 is 22.7 Å². The van der Waals surface area contributed by atoms with Crippen molar-refractivity contribution in [1.82, 2.24) is 9.84 Å². The first-order valence-electron chi connectivity index (χ1n) is 7.94. The second-order valence-corrected chi connectivity index (χ2v) is 8.84. The molecule has 0 unspecified atom stereocenters. The molecule has 1 aliphatic heterocycles. The Labute approximate surface area is 172 Å². The number of benzene rings is 2. The van der Waals surface area contributed by atoms with Gasteiger partial charge in [-0.15, -0.1) is 4.83 Å². The van der Waals surface area contributed by atoms with Crippen molar-refractivity contribution in [3.63, 3.8) is 0 Å². The fourth-order valence-corrected chi connectivity index (χ4v) is 4.81. The quantitative estimate of drug-likeness (QED) is 0.551. The highest BCUT2D eigenvalue weighted by Crippen LogP contribution is 2.37. The summed E-state index contributed by atoms with van der Waals surface area (Å²) in [6.45, 7) is 0. The minimum atomic E-state index is -3.95. The summed E-state index contributed by atoms with van der Waals surface area (Å²) in [7, 11) is -0.939. The van der Waals surface area contributed by atoms with Crippen molar-refractivity contribution in [3.05, 3.63) is 59.0 Å². The van der Waals surface area contributed by atoms with Gasteiger partial charge in [-0.25, -0.2) is 13.4 Å². The maximum atomic E-state index is 12.7. The molecular weight excluding hydrogens is 420 g/mol. The predicted molar refractivity (Wildman–Crippen MR) is 111 cm³/mol. The Bertz CT molecular complexity index is 1050. The zero-order valence-corrected chi connectivity index (χ0v) is 17.4. The van der Waals surface area contributed by atoms with E-state index >= 15 is 0 Å². The van der Waals surface area contributed by atoms with E-state index in [1.54, 1.807) is 42.5 Å². The summed E-state index contributed by atoms with van der Waals surface area (Å²) >= 11 is 6.17. The average Bonchev–Trinajstić information content (AvgIpc) is 2.95. The van der Waals surface area contributed by atoms with Crippen LogP contribution in [0.4, 0.5) is 0 Å². The van der Waals surface area contributed by atoms with Gasteiger partial charge in [0.2, 0.25) is 0 Å². The van der Waals surface area contributed by atoms with Gasteiger partial charge in [0, 0.05) is 5.56 Å². The lowest BCUT2D eigenvalue weighted by Gasteiger charge is -2.15. The molecule has 1 heterocycles. The molecule has 1 amide bonds. The van der Waals surface area contributed by atoms with Gasteiger partial charge in [0.1, 0.15) is 0 Å². The molecule has 2 aromatic rings. The van der Waals surface area contributed by atoms with Gasteiger partial charge in [0.25, 0.3) is 15.9 Å². The topological polar surface area (TPSA) is 84.9 Å². The Morgan fingerprint density at radius 2 is 1.79 bits per heavy atom. The molecule has 146 valence electrons. The standard InChI is InChI=1S/C18H16N2O5S3/c1-24-14-10-6-7-12(16(14)25-2)11-15-17(21)20(18(26)27-15)19-28(22,23)13-8-4-3-5-9-13/h3-11,19H,1-2H3. The van der Waals surface area contributed by atoms with E-state index in [0.717, 1.165) is 16.8 Å². The zero-order valence-electron chi connectivity index (χ0n) is 14.9. The first kappa shape index (κ1) is 20.3. The number of carbonyl (C=O) groups excluding carboxylic acids is 1. The lowest BCUT2D eigenvalue weighted by Crippen LogP contribution is -2.44. The molecule has 10 heteroatoms. The Balaban J connectivity index is 1.90. The summed E-state index contributed by atoms with van der Waals surface area (Å²) in [5.74, 6) is 0.399. The molecule has 1 N–H and O–H groups in total. The normalized spacial score (nSPS) is 15.9. The monoisotopic (exact) mass is 436 g/mol. The largest absolute Gasteiger partial charge is 0.493 e. The number of sulfonamides is 1. The molecule has 2 aromatic carbocycles. The molecule has 0 spiro atoms. The number of carbonyl (C=O) groups is 1. The number of hydrogen-bond acceptors (Lipinski definition) is 7. The van der Waals surface area contributed by atoms with Gasteiger partial charge >= 0.3 is 0 Å². The van der Waals surface area contributed by atoms with E-state index in [0.29, 0.717) is 17.1 Å². The van der Waals surface area contributed by atoms with E-state index in [2.05, 4.69) is 4.83 Å². The van der Waals surface area contributed by atoms with Crippen LogP contribution < -0.4 is 14.3 Å². The van der Waals surface area contributed by atoms with Crippen molar-refractivity contribution in [3.8, 4) is 11.5 Å². The molecule has 1 saturated heterocycles.